The minimum Gasteiger partial charge on any atom is -0.271 e. The summed E-state index contributed by atoms with van der Waals surface area (Å²) in [6.07, 6.45) is 9.98. The minimum atomic E-state index is 0.132. The summed E-state index contributed by atoms with van der Waals surface area (Å²) in [6, 6.07) is 6.61. The lowest BCUT2D eigenvalue weighted by molar-refractivity contribution is 0.554. The third-order valence-electron chi connectivity index (χ3n) is 3.83. The van der Waals surface area contributed by atoms with Gasteiger partial charge in [0, 0.05) is 4.47 Å². The van der Waals surface area contributed by atoms with Crippen molar-refractivity contribution in [2.75, 3.05) is 0 Å². The SMILES string of the molecule is Cc1ccc(C(NN)/C2=C/CCCCCC2)c(Br)c1. The molecule has 1 atom stereocenters. The van der Waals surface area contributed by atoms with Crippen LogP contribution in [0.25, 0.3) is 0 Å². The number of hydrogen-bond donors (Lipinski definition) is 2. The largest absolute Gasteiger partial charge is 0.271 e. The standard InChI is InChI=1S/C16H23BrN2/c1-12-9-10-14(15(17)11-12)16(19-18)13-7-5-3-2-4-6-8-13/h7,9-11,16,19H,2-6,8,18H2,1H3/b13-7+. The van der Waals surface area contributed by atoms with Crippen LogP contribution >= 0.6 is 15.9 Å². The highest BCUT2D eigenvalue weighted by Gasteiger charge is 2.18. The average Bonchev–Trinajstić information content (AvgIpc) is 2.34. The zero-order chi connectivity index (χ0) is 13.7. The Morgan fingerprint density at radius 2 is 2.00 bits per heavy atom. The number of benzene rings is 1. The van der Waals surface area contributed by atoms with Gasteiger partial charge in [0.2, 0.25) is 0 Å². The molecule has 0 heterocycles. The first-order valence-electron chi connectivity index (χ1n) is 7.13. The molecule has 0 saturated carbocycles. The van der Waals surface area contributed by atoms with Crippen LogP contribution in [-0.4, -0.2) is 0 Å². The van der Waals surface area contributed by atoms with E-state index in [1.807, 2.05) is 0 Å². The molecule has 1 aliphatic rings. The summed E-state index contributed by atoms with van der Waals surface area (Å²) in [6.45, 7) is 2.11. The number of rotatable bonds is 3. The first kappa shape index (κ1) is 14.8. The minimum absolute atomic E-state index is 0.132. The van der Waals surface area contributed by atoms with Crippen LogP contribution in [0.4, 0.5) is 0 Å². The van der Waals surface area contributed by atoms with Crippen LogP contribution in [0.15, 0.2) is 34.3 Å². The Kier molecular flexibility index (Phi) is 5.61. The Morgan fingerprint density at radius 3 is 2.74 bits per heavy atom. The molecule has 0 saturated heterocycles. The van der Waals surface area contributed by atoms with E-state index in [9.17, 15) is 0 Å². The van der Waals surface area contributed by atoms with Gasteiger partial charge in [0.1, 0.15) is 0 Å². The number of aryl methyl sites for hydroxylation is 1. The van der Waals surface area contributed by atoms with Crippen LogP contribution in [0.2, 0.25) is 0 Å². The highest BCUT2D eigenvalue weighted by molar-refractivity contribution is 9.10. The van der Waals surface area contributed by atoms with Gasteiger partial charge in [0.15, 0.2) is 0 Å². The Bertz CT molecular complexity index is 454. The fourth-order valence-electron chi connectivity index (χ4n) is 2.74. The average molecular weight is 323 g/mol. The number of nitrogens with one attached hydrogen (secondary N) is 1. The number of hydrogen-bond acceptors (Lipinski definition) is 2. The van der Waals surface area contributed by atoms with Crippen LogP contribution < -0.4 is 11.3 Å². The number of nitrogens with two attached hydrogens (primary N) is 1. The second kappa shape index (κ2) is 7.22. The van der Waals surface area contributed by atoms with E-state index in [2.05, 4.69) is 52.6 Å². The summed E-state index contributed by atoms with van der Waals surface area (Å²) in [7, 11) is 0. The molecular weight excluding hydrogens is 300 g/mol. The van der Waals surface area contributed by atoms with Crippen molar-refractivity contribution in [3.05, 3.63) is 45.4 Å². The van der Waals surface area contributed by atoms with Gasteiger partial charge in [0.05, 0.1) is 6.04 Å². The number of allylic oxidation sites excluding steroid dienone is 1. The monoisotopic (exact) mass is 322 g/mol. The molecule has 0 aliphatic heterocycles. The zero-order valence-corrected chi connectivity index (χ0v) is 13.2. The van der Waals surface area contributed by atoms with E-state index in [1.54, 1.807) is 0 Å². The van der Waals surface area contributed by atoms with Crippen molar-refractivity contribution in [2.24, 2.45) is 5.84 Å². The van der Waals surface area contributed by atoms with Crippen molar-refractivity contribution in [2.45, 2.75) is 51.5 Å². The van der Waals surface area contributed by atoms with Gasteiger partial charge in [-0.3, -0.25) is 5.84 Å². The van der Waals surface area contributed by atoms with Crippen molar-refractivity contribution in [1.82, 2.24) is 5.43 Å². The first-order chi connectivity index (χ1) is 9.22. The maximum atomic E-state index is 5.82. The van der Waals surface area contributed by atoms with E-state index in [1.165, 1.54) is 48.8 Å². The predicted octanol–water partition coefficient (Wildman–Crippen LogP) is 4.54. The number of hydrazine groups is 1. The van der Waals surface area contributed by atoms with Gasteiger partial charge < -0.3 is 0 Å². The summed E-state index contributed by atoms with van der Waals surface area (Å²) in [5.74, 6) is 5.82. The Morgan fingerprint density at radius 1 is 1.21 bits per heavy atom. The summed E-state index contributed by atoms with van der Waals surface area (Å²) < 4.78 is 1.14. The molecule has 2 nitrogen and oxygen atoms in total. The molecule has 0 aromatic heterocycles. The predicted molar refractivity (Wildman–Crippen MR) is 84.7 cm³/mol. The molecule has 1 aliphatic carbocycles. The molecule has 1 aromatic carbocycles. The first-order valence-corrected chi connectivity index (χ1v) is 7.93. The second-order valence-electron chi connectivity index (χ2n) is 5.36. The summed E-state index contributed by atoms with van der Waals surface area (Å²) in [5, 5.41) is 0. The van der Waals surface area contributed by atoms with Crippen molar-refractivity contribution in [1.29, 1.82) is 0 Å². The Labute approximate surface area is 124 Å². The molecule has 3 N–H and O–H groups in total. The van der Waals surface area contributed by atoms with Crippen LogP contribution in [0.5, 0.6) is 0 Å². The Balaban J connectivity index is 2.27. The molecular formula is C16H23BrN2. The van der Waals surface area contributed by atoms with Gasteiger partial charge >= 0.3 is 0 Å². The van der Waals surface area contributed by atoms with Gasteiger partial charge in [-0.25, -0.2) is 5.43 Å². The van der Waals surface area contributed by atoms with Gasteiger partial charge in [-0.05, 0) is 49.8 Å². The molecule has 2 rings (SSSR count). The third-order valence-corrected chi connectivity index (χ3v) is 4.52. The maximum Gasteiger partial charge on any atom is 0.0681 e. The molecule has 0 bridgehead atoms. The molecule has 0 amide bonds. The van der Waals surface area contributed by atoms with Crippen molar-refractivity contribution < 1.29 is 0 Å². The number of halogens is 1. The van der Waals surface area contributed by atoms with E-state index in [4.69, 9.17) is 5.84 Å². The summed E-state index contributed by atoms with van der Waals surface area (Å²) in [5.41, 5.74) is 6.93. The quantitative estimate of drug-likeness (QED) is 0.487. The molecule has 0 spiro atoms. The lowest BCUT2D eigenvalue weighted by Crippen LogP contribution is -2.30. The van der Waals surface area contributed by atoms with Crippen LogP contribution in [-0.2, 0) is 0 Å². The molecule has 3 heteroatoms. The van der Waals surface area contributed by atoms with Gasteiger partial charge in [0.25, 0.3) is 0 Å². The molecule has 0 radical (unpaired) electrons. The fraction of sp³-hybridized carbons (Fsp3) is 0.500. The topological polar surface area (TPSA) is 38.0 Å². The molecule has 0 fully saturated rings. The van der Waals surface area contributed by atoms with Crippen LogP contribution in [0.3, 0.4) is 0 Å². The van der Waals surface area contributed by atoms with Crippen molar-refractivity contribution in [3.8, 4) is 0 Å². The van der Waals surface area contributed by atoms with E-state index < -0.39 is 0 Å². The fourth-order valence-corrected chi connectivity index (χ4v) is 3.46. The van der Waals surface area contributed by atoms with E-state index in [0.717, 1.165) is 10.9 Å². The highest BCUT2D eigenvalue weighted by Crippen LogP contribution is 2.32. The lowest BCUT2D eigenvalue weighted by atomic mass is 9.91. The molecule has 104 valence electrons. The van der Waals surface area contributed by atoms with Crippen molar-refractivity contribution in [3.63, 3.8) is 0 Å². The molecule has 19 heavy (non-hydrogen) atoms. The van der Waals surface area contributed by atoms with Gasteiger partial charge in [-0.2, -0.15) is 0 Å². The van der Waals surface area contributed by atoms with E-state index in [-0.39, 0.29) is 6.04 Å². The Hall–Kier alpha value is -0.640. The zero-order valence-electron chi connectivity index (χ0n) is 11.6. The summed E-state index contributed by atoms with van der Waals surface area (Å²) >= 11 is 3.67. The van der Waals surface area contributed by atoms with Crippen LogP contribution in [0, 0.1) is 6.92 Å². The maximum absolute atomic E-state index is 5.82. The highest BCUT2D eigenvalue weighted by atomic mass is 79.9. The molecule has 1 aromatic rings. The van der Waals surface area contributed by atoms with E-state index in [0.29, 0.717) is 0 Å². The second-order valence-corrected chi connectivity index (χ2v) is 6.21. The van der Waals surface area contributed by atoms with E-state index >= 15 is 0 Å². The van der Waals surface area contributed by atoms with Gasteiger partial charge in [-0.15, -0.1) is 0 Å². The lowest BCUT2D eigenvalue weighted by Gasteiger charge is -2.23. The smallest absolute Gasteiger partial charge is 0.0681 e. The van der Waals surface area contributed by atoms with Gasteiger partial charge in [-0.1, -0.05) is 52.6 Å². The molecule has 1 unspecified atom stereocenters. The van der Waals surface area contributed by atoms with Crippen molar-refractivity contribution >= 4 is 15.9 Å². The normalized spacial score (nSPS) is 21.1. The summed E-state index contributed by atoms with van der Waals surface area (Å²) in [4.78, 5) is 0. The van der Waals surface area contributed by atoms with Crippen LogP contribution in [0.1, 0.15) is 55.7 Å². The third kappa shape index (κ3) is 3.91.